The van der Waals surface area contributed by atoms with Gasteiger partial charge in [0.15, 0.2) is 0 Å². The molecule has 0 aliphatic heterocycles. The monoisotopic (exact) mass is 273 g/mol. The molecule has 0 saturated heterocycles. The van der Waals surface area contributed by atoms with Gasteiger partial charge in [0.2, 0.25) is 5.91 Å². The Morgan fingerprint density at radius 1 is 1.15 bits per heavy atom. The third-order valence-corrected chi connectivity index (χ3v) is 4.52. The number of aryl methyl sites for hydroxylation is 2. The van der Waals surface area contributed by atoms with Crippen molar-refractivity contribution in [1.82, 2.24) is 5.32 Å². The van der Waals surface area contributed by atoms with E-state index in [1.165, 1.54) is 17.5 Å². The third-order valence-electron chi connectivity index (χ3n) is 4.52. The fourth-order valence-electron chi connectivity index (χ4n) is 3.15. The SMILES string of the molecule is O=C(Cc1ccc2c(c1)CCC2)NC1(C(=O)O)CCC1. The van der Waals surface area contributed by atoms with Gasteiger partial charge in [-0.25, -0.2) is 4.79 Å². The summed E-state index contributed by atoms with van der Waals surface area (Å²) in [6.45, 7) is 0. The van der Waals surface area contributed by atoms with Crippen LogP contribution in [0, 0.1) is 0 Å². The molecule has 2 aliphatic carbocycles. The van der Waals surface area contributed by atoms with Crippen LogP contribution in [0.2, 0.25) is 0 Å². The van der Waals surface area contributed by atoms with E-state index in [0.29, 0.717) is 12.8 Å². The average molecular weight is 273 g/mol. The molecular formula is C16H19NO3. The summed E-state index contributed by atoms with van der Waals surface area (Å²) >= 11 is 0. The van der Waals surface area contributed by atoms with E-state index in [-0.39, 0.29) is 12.3 Å². The van der Waals surface area contributed by atoms with E-state index >= 15 is 0 Å². The van der Waals surface area contributed by atoms with Gasteiger partial charge in [-0.1, -0.05) is 18.2 Å². The molecule has 106 valence electrons. The van der Waals surface area contributed by atoms with Crippen molar-refractivity contribution in [2.75, 3.05) is 0 Å². The van der Waals surface area contributed by atoms with Crippen LogP contribution in [0.15, 0.2) is 18.2 Å². The first-order valence-electron chi connectivity index (χ1n) is 7.24. The standard InChI is InChI=1S/C16H19NO3/c18-14(17-16(15(19)20)7-2-8-16)10-11-5-6-12-3-1-4-13(12)9-11/h5-6,9H,1-4,7-8,10H2,(H,17,18)(H,19,20). The van der Waals surface area contributed by atoms with Crippen LogP contribution in [0.5, 0.6) is 0 Å². The van der Waals surface area contributed by atoms with Crippen LogP contribution in [0.3, 0.4) is 0 Å². The smallest absolute Gasteiger partial charge is 0.329 e. The molecule has 0 bridgehead atoms. The maximum atomic E-state index is 12.1. The van der Waals surface area contributed by atoms with Crippen molar-refractivity contribution in [3.8, 4) is 0 Å². The van der Waals surface area contributed by atoms with Crippen LogP contribution in [-0.4, -0.2) is 22.5 Å². The molecule has 0 aromatic heterocycles. The number of benzene rings is 1. The number of nitrogens with one attached hydrogen (secondary N) is 1. The number of carboxylic acid groups (broad SMARTS) is 1. The molecule has 4 heteroatoms. The van der Waals surface area contributed by atoms with Crippen molar-refractivity contribution in [3.63, 3.8) is 0 Å². The van der Waals surface area contributed by atoms with E-state index in [2.05, 4.69) is 17.4 Å². The Hall–Kier alpha value is -1.84. The van der Waals surface area contributed by atoms with Crippen LogP contribution in [0.1, 0.15) is 42.4 Å². The van der Waals surface area contributed by atoms with Crippen LogP contribution in [0.25, 0.3) is 0 Å². The van der Waals surface area contributed by atoms with Gasteiger partial charge >= 0.3 is 5.97 Å². The second-order valence-corrected chi connectivity index (χ2v) is 5.92. The van der Waals surface area contributed by atoms with Crippen molar-refractivity contribution in [3.05, 3.63) is 34.9 Å². The average Bonchev–Trinajstić information content (AvgIpc) is 2.80. The lowest BCUT2D eigenvalue weighted by Crippen LogP contribution is -2.59. The van der Waals surface area contributed by atoms with Gasteiger partial charge in [0.05, 0.1) is 6.42 Å². The number of amides is 1. The van der Waals surface area contributed by atoms with E-state index < -0.39 is 11.5 Å². The molecule has 1 fully saturated rings. The fourth-order valence-corrected chi connectivity index (χ4v) is 3.15. The molecular weight excluding hydrogens is 254 g/mol. The van der Waals surface area contributed by atoms with Gasteiger partial charge in [0.1, 0.15) is 5.54 Å². The molecule has 2 N–H and O–H groups in total. The number of fused-ring (bicyclic) bond motifs is 1. The molecule has 1 aromatic carbocycles. The Morgan fingerprint density at radius 2 is 1.90 bits per heavy atom. The summed E-state index contributed by atoms with van der Waals surface area (Å²) in [7, 11) is 0. The Bertz CT molecular complexity index is 561. The van der Waals surface area contributed by atoms with Gasteiger partial charge in [-0.05, 0) is 55.2 Å². The summed E-state index contributed by atoms with van der Waals surface area (Å²) in [6.07, 6.45) is 5.62. The number of carboxylic acids is 1. The predicted molar refractivity (Wildman–Crippen MR) is 74.5 cm³/mol. The maximum Gasteiger partial charge on any atom is 0.329 e. The third kappa shape index (κ3) is 2.30. The molecule has 3 rings (SSSR count). The van der Waals surface area contributed by atoms with E-state index in [1.807, 2.05) is 6.07 Å². The molecule has 1 aromatic rings. The van der Waals surface area contributed by atoms with Gasteiger partial charge in [0.25, 0.3) is 0 Å². The Kier molecular flexibility index (Phi) is 3.24. The summed E-state index contributed by atoms with van der Waals surface area (Å²) in [4.78, 5) is 23.3. The zero-order valence-corrected chi connectivity index (χ0v) is 11.4. The van der Waals surface area contributed by atoms with Crippen molar-refractivity contribution in [2.24, 2.45) is 0 Å². The molecule has 20 heavy (non-hydrogen) atoms. The molecule has 0 heterocycles. The summed E-state index contributed by atoms with van der Waals surface area (Å²) in [6, 6.07) is 6.18. The maximum absolute atomic E-state index is 12.1. The van der Waals surface area contributed by atoms with Gasteiger partial charge in [-0.2, -0.15) is 0 Å². The minimum atomic E-state index is -1.01. The van der Waals surface area contributed by atoms with E-state index in [0.717, 1.165) is 24.8 Å². The summed E-state index contributed by atoms with van der Waals surface area (Å²) < 4.78 is 0. The van der Waals surface area contributed by atoms with E-state index in [1.54, 1.807) is 0 Å². The summed E-state index contributed by atoms with van der Waals surface area (Å²) in [5.41, 5.74) is 2.69. The fraction of sp³-hybridized carbons (Fsp3) is 0.500. The van der Waals surface area contributed by atoms with E-state index in [9.17, 15) is 14.7 Å². The van der Waals surface area contributed by atoms with Crippen LogP contribution in [0.4, 0.5) is 0 Å². The van der Waals surface area contributed by atoms with Crippen molar-refractivity contribution < 1.29 is 14.7 Å². The molecule has 2 aliphatic rings. The number of hydrogen-bond acceptors (Lipinski definition) is 2. The lowest BCUT2D eigenvalue weighted by molar-refractivity contribution is -0.151. The van der Waals surface area contributed by atoms with Crippen molar-refractivity contribution >= 4 is 11.9 Å². The second-order valence-electron chi connectivity index (χ2n) is 5.92. The predicted octanol–water partition coefficient (Wildman–Crippen LogP) is 1.84. The minimum Gasteiger partial charge on any atom is -0.480 e. The quantitative estimate of drug-likeness (QED) is 0.879. The van der Waals surface area contributed by atoms with Crippen LogP contribution in [-0.2, 0) is 28.9 Å². The highest BCUT2D eigenvalue weighted by Gasteiger charge is 2.45. The Labute approximate surface area is 118 Å². The Morgan fingerprint density at radius 3 is 2.55 bits per heavy atom. The lowest BCUT2D eigenvalue weighted by Gasteiger charge is -2.38. The number of aliphatic carboxylic acids is 1. The zero-order valence-electron chi connectivity index (χ0n) is 11.4. The van der Waals surface area contributed by atoms with Crippen LogP contribution < -0.4 is 5.32 Å². The first-order valence-corrected chi connectivity index (χ1v) is 7.24. The highest BCUT2D eigenvalue weighted by molar-refractivity contribution is 5.88. The van der Waals surface area contributed by atoms with Gasteiger partial charge in [0, 0.05) is 0 Å². The first kappa shape index (κ1) is 13.2. The molecule has 0 unspecified atom stereocenters. The highest BCUT2D eigenvalue weighted by Crippen LogP contribution is 2.32. The normalized spacial score (nSPS) is 19.0. The largest absolute Gasteiger partial charge is 0.480 e. The minimum absolute atomic E-state index is 0.190. The second kappa shape index (κ2) is 4.93. The highest BCUT2D eigenvalue weighted by atomic mass is 16.4. The van der Waals surface area contributed by atoms with Gasteiger partial charge in [-0.15, -0.1) is 0 Å². The van der Waals surface area contributed by atoms with E-state index in [4.69, 9.17) is 0 Å². The number of carbonyl (C=O) groups is 2. The lowest BCUT2D eigenvalue weighted by atomic mass is 9.76. The number of carbonyl (C=O) groups excluding carboxylic acids is 1. The van der Waals surface area contributed by atoms with Crippen LogP contribution >= 0.6 is 0 Å². The summed E-state index contributed by atoms with van der Waals surface area (Å²) in [5, 5.41) is 11.9. The Balaban J connectivity index is 1.66. The topological polar surface area (TPSA) is 66.4 Å². The van der Waals surface area contributed by atoms with Gasteiger partial charge in [-0.3, -0.25) is 4.79 Å². The number of hydrogen-bond donors (Lipinski definition) is 2. The molecule has 0 atom stereocenters. The molecule has 1 amide bonds. The number of rotatable bonds is 4. The molecule has 4 nitrogen and oxygen atoms in total. The van der Waals surface area contributed by atoms with Gasteiger partial charge < -0.3 is 10.4 Å². The van der Waals surface area contributed by atoms with Crippen molar-refractivity contribution in [2.45, 2.75) is 50.5 Å². The summed E-state index contributed by atoms with van der Waals surface area (Å²) in [5.74, 6) is -1.10. The molecule has 0 spiro atoms. The zero-order chi connectivity index (χ0) is 14.2. The molecule has 1 saturated carbocycles. The molecule has 0 radical (unpaired) electrons. The van der Waals surface area contributed by atoms with Crippen molar-refractivity contribution in [1.29, 1.82) is 0 Å². The first-order chi connectivity index (χ1) is 9.59.